The van der Waals surface area contributed by atoms with Crippen LogP contribution in [0.2, 0.25) is 0 Å². The molecule has 0 radical (unpaired) electrons. The van der Waals surface area contributed by atoms with Gasteiger partial charge < -0.3 is 14.4 Å². The minimum absolute atomic E-state index is 0.173. The molecule has 6 heteroatoms. The molecule has 1 fully saturated rings. The summed E-state index contributed by atoms with van der Waals surface area (Å²) < 4.78 is 11.7. The molecule has 0 saturated carbocycles. The SMILES string of the molecule is Cc1ncc(B2OC(C)(C)C(C)(C)O2)cc1C(=O)O. The topological polar surface area (TPSA) is 68.7 Å². The Morgan fingerprint density at radius 1 is 1.26 bits per heavy atom. The molecule has 0 spiro atoms. The molecule has 2 heterocycles. The Morgan fingerprint density at radius 2 is 1.79 bits per heavy atom. The average molecular weight is 263 g/mol. The second kappa shape index (κ2) is 4.32. The van der Waals surface area contributed by atoms with Gasteiger partial charge in [0.25, 0.3) is 0 Å². The van der Waals surface area contributed by atoms with Crippen molar-refractivity contribution in [2.24, 2.45) is 0 Å². The molecule has 1 aliphatic rings. The van der Waals surface area contributed by atoms with Crippen LogP contribution in [0.5, 0.6) is 0 Å². The number of carboxylic acid groups (broad SMARTS) is 1. The van der Waals surface area contributed by atoms with Gasteiger partial charge in [-0.1, -0.05) is 0 Å². The normalized spacial score (nSPS) is 20.6. The van der Waals surface area contributed by atoms with E-state index in [9.17, 15) is 4.79 Å². The van der Waals surface area contributed by atoms with Crippen molar-refractivity contribution in [1.82, 2.24) is 4.98 Å². The molecule has 5 nitrogen and oxygen atoms in total. The second-order valence-electron chi connectivity index (χ2n) is 5.80. The summed E-state index contributed by atoms with van der Waals surface area (Å²) in [4.78, 5) is 15.2. The number of hydrogen-bond acceptors (Lipinski definition) is 4. The third kappa shape index (κ3) is 2.38. The van der Waals surface area contributed by atoms with Gasteiger partial charge in [0.15, 0.2) is 0 Å². The predicted molar refractivity (Wildman–Crippen MR) is 71.6 cm³/mol. The molecule has 0 aromatic carbocycles. The lowest BCUT2D eigenvalue weighted by atomic mass is 9.79. The van der Waals surface area contributed by atoms with Crippen LogP contribution in [0.1, 0.15) is 43.7 Å². The highest BCUT2D eigenvalue weighted by atomic mass is 16.7. The zero-order valence-electron chi connectivity index (χ0n) is 11.9. The summed E-state index contributed by atoms with van der Waals surface area (Å²) in [6, 6.07) is 1.56. The van der Waals surface area contributed by atoms with Crippen molar-refractivity contribution in [3.8, 4) is 0 Å². The molecule has 1 aromatic heterocycles. The van der Waals surface area contributed by atoms with E-state index in [0.29, 0.717) is 11.2 Å². The summed E-state index contributed by atoms with van der Waals surface area (Å²) in [5.41, 5.74) is 0.374. The van der Waals surface area contributed by atoms with Crippen LogP contribution >= 0.6 is 0 Å². The van der Waals surface area contributed by atoms with E-state index in [4.69, 9.17) is 14.4 Å². The van der Waals surface area contributed by atoms with Gasteiger partial charge in [0.2, 0.25) is 0 Å². The van der Waals surface area contributed by atoms with Crippen LogP contribution in [0.25, 0.3) is 0 Å². The number of carbonyl (C=O) groups is 1. The van der Waals surface area contributed by atoms with Gasteiger partial charge >= 0.3 is 13.1 Å². The molecule has 0 bridgehead atoms. The maximum atomic E-state index is 11.1. The molecular formula is C13H18BNO4. The first-order chi connectivity index (χ1) is 8.64. The molecule has 1 N–H and O–H groups in total. The van der Waals surface area contributed by atoms with Crippen molar-refractivity contribution in [2.45, 2.75) is 45.8 Å². The van der Waals surface area contributed by atoms with E-state index in [1.807, 2.05) is 27.7 Å². The minimum atomic E-state index is -0.997. The third-order valence-electron chi connectivity index (χ3n) is 3.86. The first kappa shape index (κ1) is 14.0. The van der Waals surface area contributed by atoms with Crippen LogP contribution in [-0.4, -0.2) is 34.4 Å². The number of carboxylic acids is 1. The van der Waals surface area contributed by atoms with E-state index in [1.165, 1.54) is 0 Å². The molecule has 0 amide bonds. The molecular weight excluding hydrogens is 245 g/mol. The Kier molecular flexibility index (Phi) is 3.19. The Labute approximate surface area is 113 Å². The zero-order valence-corrected chi connectivity index (χ0v) is 11.9. The van der Waals surface area contributed by atoms with Crippen molar-refractivity contribution in [3.05, 3.63) is 23.5 Å². The molecule has 2 rings (SSSR count). The summed E-state index contributed by atoms with van der Waals surface area (Å²) in [6.45, 7) is 9.47. The highest BCUT2D eigenvalue weighted by Crippen LogP contribution is 2.36. The van der Waals surface area contributed by atoms with E-state index < -0.39 is 24.3 Å². The molecule has 0 unspecified atom stereocenters. The van der Waals surface area contributed by atoms with Gasteiger partial charge in [-0.25, -0.2) is 4.79 Å². The summed E-state index contributed by atoms with van der Waals surface area (Å²) in [7, 11) is -0.587. The van der Waals surface area contributed by atoms with E-state index in [2.05, 4.69) is 4.98 Å². The van der Waals surface area contributed by atoms with Crippen molar-refractivity contribution in [3.63, 3.8) is 0 Å². The highest BCUT2D eigenvalue weighted by Gasteiger charge is 2.51. The first-order valence-electron chi connectivity index (χ1n) is 6.19. The quantitative estimate of drug-likeness (QED) is 0.816. The van der Waals surface area contributed by atoms with E-state index in [1.54, 1.807) is 19.2 Å². The van der Waals surface area contributed by atoms with Crippen molar-refractivity contribution in [1.29, 1.82) is 0 Å². The third-order valence-corrected chi connectivity index (χ3v) is 3.86. The number of rotatable bonds is 2. The van der Waals surface area contributed by atoms with Crippen LogP contribution in [0.15, 0.2) is 12.3 Å². The lowest BCUT2D eigenvalue weighted by molar-refractivity contribution is 0.00578. The maximum Gasteiger partial charge on any atom is 0.496 e. The average Bonchev–Trinajstić information content (AvgIpc) is 2.48. The number of pyridine rings is 1. The second-order valence-corrected chi connectivity index (χ2v) is 5.80. The largest absolute Gasteiger partial charge is 0.496 e. The van der Waals surface area contributed by atoms with Crippen LogP contribution in [0, 0.1) is 6.92 Å². The Morgan fingerprint density at radius 3 is 2.26 bits per heavy atom. The van der Waals surface area contributed by atoms with E-state index >= 15 is 0 Å². The number of hydrogen-bond donors (Lipinski definition) is 1. The first-order valence-corrected chi connectivity index (χ1v) is 6.19. The molecule has 1 aliphatic heterocycles. The predicted octanol–water partition coefficient (Wildman–Crippen LogP) is 1.39. The molecule has 1 saturated heterocycles. The van der Waals surface area contributed by atoms with Gasteiger partial charge in [-0.05, 0) is 40.7 Å². The maximum absolute atomic E-state index is 11.1. The van der Waals surface area contributed by atoms with Crippen molar-refractivity contribution < 1.29 is 19.2 Å². The van der Waals surface area contributed by atoms with Gasteiger partial charge in [0.1, 0.15) is 0 Å². The smallest absolute Gasteiger partial charge is 0.478 e. The monoisotopic (exact) mass is 263 g/mol. The van der Waals surface area contributed by atoms with Gasteiger partial charge in [0, 0.05) is 11.7 Å². The summed E-state index contributed by atoms with van der Waals surface area (Å²) >= 11 is 0. The zero-order chi connectivity index (χ0) is 14.4. The summed E-state index contributed by atoms with van der Waals surface area (Å²) in [5, 5.41) is 9.12. The standard InChI is InChI=1S/C13H18BNO4/c1-8-10(11(16)17)6-9(7-15-8)14-18-12(2,3)13(4,5)19-14/h6-7H,1-5H3,(H,16,17). The van der Waals surface area contributed by atoms with Gasteiger partial charge in [-0.15, -0.1) is 0 Å². The molecule has 1 aromatic rings. The molecule has 0 atom stereocenters. The van der Waals surface area contributed by atoms with Crippen molar-refractivity contribution in [2.75, 3.05) is 0 Å². The fourth-order valence-corrected chi connectivity index (χ4v) is 1.87. The number of aryl methyl sites for hydroxylation is 1. The molecule has 0 aliphatic carbocycles. The Hall–Kier alpha value is -1.40. The number of aromatic carboxylic acids is 1. The summed E-state index contributed by atoms with van der Waals surface area (Å²) in [5.74, 6) is -0.997. The van der Waals surface area contributed by atoms with E-state index in [-0.39, 0.29) is 5.56 Å². The number of nitrogens with zero attached hydrogens (tertiary/aromatic N) is 1. The molecule has 102 valence electrons. The lowest BCUT2D eigenvalue weighted by Gasteiger charge is -2.32. The van der Waals surface area contributed by atoms with E-state index in [0.717, 1.165) is 0 Å². The summed E-state index contributed by atoms with van der Waals surface area (Å²) in [6.07, 6.45) is 1.60. The van der Waals surface area contributed by atoms with Gasteiger partial charge in [0.05, 0.1) is 22.5 Å². The fraction of sp³-hybridized carbons (Fsp3) is 0.538. The van der Waals surface area contributed by atoms with Gasteiger partial charge in [-0.2, -0.15) is 0 Å². The van der Waals surface area contributed by atoms with Crippen LogP contribution in [0.3, 0.4) is 0 Å². The van der Waals surface area contributed by atoms with Crippen LogP contribution in [-0.2, 0) is 9.31 Å². The highest BCUT2D eigenvalue weighted by molar-refractivity contribution is 6.62. The minimum Gasteiger partial charge on any atom is -0.478 e. The molecule has 19 heavy (non-hydrogen) atoms. The number of aromatic nitrogens is 1. The van der Waals surface area contributed by atoms with Crippen LogP contribution in [0.4, 0.5) is 0 Å². The lowest BCUT2D eigenvalue weighted by Crippen LogP contribution is -2.41. The Balaban J connectivity index is 2.35. The fourth-order valence-electron chi connectivity index (χ4n) is 1.87. The van der Waals surface area contributed by atoms with Crippen LogP contribution < -0.4 is 5.46 Å². The van der Waals surface area contributed by atoms with Crippen molar-refractivity contribution >= 4 is 18.6 Å². The Bertz CT molecular complexity index is 511. The van der Waals surface area contributed by atoms with Gasteiger partial charge in [-0.3, -0.25) is 4.98 Å².